The summed E-state index contributed by atoms with van der Waals surface area (Å²) in [5, 5.41) is 8.86. The second-order valence-electron chi connectivity index (χ2n) is 6.06. The van der Waals surface area contributed by atoms with Gasteiger partial charge in [0, 0.05) is 0 Å². The Morgan fingerprint density at radius 3 is 2.04 bits per heavy atom. The Hall–Kier alpha value is -2.04. The number of aromatic carboxylic acids is 1. The molecule has 0 bridgehead atoms. The molecule has 0 aromatic heterocycles. The van der Waals surface area contributed by atoms with E-state index in [0.717, 1.165) is 19.3 Å². The van der Waals surface area contributed by atoms with Crippen LogP contribution in [0.5, 0.6) is 5.75 Å². The first kappa shape index (κ1) is 20.0. The van der Waals surface area contributed by atoms with Crippen LogP contribution in [0.3, 0.4) is 0 Å². The Morgan fingerprint density at radius 1 is 1.00 bits per heavy atom. The molecule has 0 spiro atoms. The average Bonchev–Trinajstić information content (AvgIpc) is 2.56. The van der Waals surface area contributed by atoms with Gasteiger partial charge in [0.05, 0.1) is 5.56 Å². The lowest BCUT2D eigenvalue weighted by molar-refractivity contribution is -0.125. The number of unbranched alkanes of at least 4 members (excludes halogenated alkanes) is 7. The Balaban J connectivity index is 2.31. The lowest BCUT2D eigenvalue weighted by atomic mass is 10.1. The van der Waals surface area contributed by atoms with Crippen LogP contribution in [-0.2, 0) is 4.79 Å². The van der Waals surface area contributed by atoms with Crippen molar-refractivity contribution in [1.82, 2.24) is 5.73 Å². The minimum atomic E-state index is -1.01. The van der Waals surface area contributed by atoms with Gasteiger partial charge in [0.1, 0.15) is 5.75 Å². The maximum atomic E-state index is 11.4. The topological polar surface area (TPSA) is 87.4 Å². The molecule has 5 heteroatoms. The molecule has 0 saturated heterocycles. The van der Waals surface area contributed by atoms with Crippen molar-refractivity contribution in [2.24, 2.45) is 0 Å². The van der Waals surface area contributed by atoms with Gasteiger partial charge < -0.3 is 9.84 Å². The molecule has 0 fully saturated rings. The second kappa shape index (κ2) is 11.5. The number of rotatable bonds is 13. The average molecular weight is 334 g/mol. The van der Waals surface area contributed by atoms with E-state index in [9.17, 15) is 9.59 Å². The second-order valence-corrected chi connectivity index (χ2v) is 6.06. The first-order valence-electron chi connectivity index (χ1n) is 8.80. The number of benzene rings is 1. The zero-order valence-electron chi connectivity index (χ0n) is 14.4. The molecule has 0 aliphatic carbocycles. The summed E-state index contributed by atoms with van der Waals surface area (Å²) in [7, 11) is 0. The third kappa shape index (κ3) is 7.99. The summed E-state index contributed by atoms with van der Waals surface area (Å²) in [6, 6.07) is 5.90. The van der Waals surface area contributed by atoms with Crippen LogP contribution in [0.1, 0.15) is 75.1 Å². The molecule has 24 heavy (non-hydrogen) atoms. The van der Waals surface area contributed by atoms with Crippen molar-refractivity contribution in [3.63, 3.8) is 0 Å². The molecular formula is C19H28NO4. The number of carboxylic acid groups (broad SMARTS) is 1. The molecule has 5 nitrogen and oxygen atoms in total. The summed E-state index contributed by atoms with van der Waals surface area (Å²) in [6.45, 7) is 2.20. The first-order chi connectivity index (χ1) is 11.5. The third-order valence-electron chi connectivity index (χ3n) is 3.99. The fourth-order valence-electron chi connectivity index (χ4n) is 2.55. The van der Waals surface area contributed by atoms with Gasteiger partial charge in [-0.15, -0.1) is 0 Å². The molecule has 1 radical (unpaired) electrons. The standard InChI is InChI=1S/C19H28NO4/c1-2-3-4-5-6-7-8-9-10-17(18(20)21)24-16-13-11-15(12-14-16)19(22)23/h11-14,17,20H,2-10H2,1H3,(H,22,23). The van der Waals surface area contributed by atoms with E-state index in [0.29, 0.717) is 12.2 Å². The van der Waals surface area contributed by atoms with Gasteiger partial charge in [-0.25, -0.2) is 4.79 Å². The van der Waals surface area contributed by atoms with Crippen LogP contribution in [0.25, 0.3) is 0 Å². The van der Waals surface area contributed by atoms with Crippen molar-refractivity contribution in [2.45, 2.75) is 70.8 Å². The van der Waals surface area contributed by atoms with E-state index < -0.39 is 18.0 Å². The Labute approximate surface area is 144 Å². The van der Waals surface area contributed by atoms with Crippen molar-refractivity contribution in [3.8, 4) is 5.75 Å². The van der Waals surface area contributed by atoms with Crippen LogP contribution in [-0.4, -0.2) is 23.1 Å². The van der Waals surface area contributed by atoms with Crippen molar-refractivity contribution < 1.29 is 19.4 Å². The van der Waals surface area contributed by atoms with E-state index in [1.54, 1.807) is 0 Å². The van der Waals surface area contributed by atoms with Gasteiger partial charge in [0.25, 0.3) is 5.91 Å². The van der Waals surface area contributed by atoms with Crippen LogP contribution in [0.2, 0.25) is 0 Å². The Bertz CT molecular complexity index is 499. The third-order valence-corrected chi connectivity index (χ3v) is 3.99. The van der Waals surface area contributed by atoms with Gasteiger partial charge in [-0.3, -0.25) is 10.5 Å². The number of carbonyl (C=O) groups excluding carboxylic acids is 1. The molecule has 1 aromatic rings. The first-order valence-corrected chi connectivity index (χ1v) is 8.80. The highest BCUT2D eigenvalue weighted by atomic mass is 16.5. The number of nitrogens with one attached hydrogen (secondary N) is 1. The lowest BCUT2D eigenvalue weighted by Crippen LogP contribution is -2.28. The summed E-state index contributed by atoms with van der Waals surface area (Å²) in [5.74, 6) is -1.32. The molecule has 1 unspecified atom stereocenters. The van der Waals surface area contributed by atoms with Crippen LogP contribution in [0.4, 0.5) is 0 Å². The summed E-state index contributed by atoms with van der Waals surface area (Å²) in [4.78, 5) is 22.2. The SMILES string of the molecule is CCCCCCCCCCC(Oc1ccc(C(=O)O)cc1)C([NH])=O. The minimum Gasteiger partial charge on any atom is -0.481 e. The number of hydrogen-bond acceptors (Lipinski definition) is 3. The van der Waals surface area contributed by atoms with Crippen molar-refractivity contribution in [2.75, 3.05) is 0 Å². The molecule has 1 aromatic carbocycles. The van der Waals surface area contributed by atoms with E-state index >= 15 is 0 Å². The largest absolute Gasteiger partial charge is 0.481 e. The highest BCUT2D eigenvalue weighted by molar-refractivity contribution is 5.87. The quantitative estimate of drug-likeness (QED) is 0.539. The highest BCUT2D eigenvalue weighted by Crippen LogP contribution is 2.17. The fourth-order valence-corrected chi connectivity index (χ4v) is 2.55. The molecule has 0 saturated carbocycles. The summed E-state index contributed by atoms with van der Waals surface area (Å²) in [6.07, 6.45) is 9.11. The van der Waals surface area contributed by atoms with Crippen molar-refractivity contribution in [3.05, 3.63) is 29.8 Å². The smallest absolute Gasteiger partial charge is 0.335 e. The molecule has 0 aliphatic heterocycles. The van der Waals surface area contributed by atoms with Crippen LogP contribution < -0.4 is 10.5 Å². The van der Waals surface area contributed by atoms with Gasteiger partial charge in [0.15, 0.2) is 6.10 Å². The molecular weight excluding hydrogens is 306 g/mol. The van der Waals surface area contributed by atoms with Crippen LogP contribution >= 0.6 is 0 Å². The van der Waals surface area contributed by atoms with Gasteiger partial charge in [-0.1, -0.05) is 51.9 Å². The molecule has 1 rings (SSSR count). The molecule has 0 aliphatic rings. The van der Waals surface area contributed by atoms with Crippen molar-refractivity contribution >= 4 is 11.9 Å². The number of carboxylic acids is 1. The van der Waals surface area contributed by atoms with Gasteiger partial charge >= 0.3 is 5.97 Å². The predicted octanol–water partition coefficient (Wildman–Crippen LogP) is 4.47. The molecule has 0 heterocycles. The maximum Gasteiger partial charge on any atom is 0.335 e. The Morgan fingerprint density at radius 2 is 1.54 bits per heavy atom. The summed E-state index contributed by atoms with van der Waals surface area (Å²) >= 11 is 0. The van der Waals surface area contributed by atoms with E-state index in [1.165, 1.54) is 56.4 Å². The van der Waals surface area contributed by atoms with Crippen LogP contribution in [0, 0.1) is 0 Å². The number of carbonyl (C=O) groups is 2. The normalized spacial score (nSPS) is 11.9. The van der Waals surface area contributed by atoms with Gasteiger partial charge in [-0.05, 0) is 37.1 Å². The lowest BCUT2D eigenvalue weighted by Gasteiger charge is -2.15. The van der Waals surface area contributed by atoms with Gasteiger partial charge in [-0.2, -0.15) is 0 Å². The molecule has 1 atom stereocenters. The molecule has 2 N–H and O–H groups in total. The van der Waals surface area contributed by atoms with E-state index in [1.807, 2.05) is 0 Å². The maximum absolute atomic E-state index is 11.4. The number of hydrogen-bond donors (Lipinski definition) is 1. The molecule has 1 amide bonds. The monoisotopic (exact) mass is 334 g/mol. The van der Waals surface area contributed by atoms with E-state index in [4.69, 9.17) is 15.6 Å². The molecule has 133 valence electrons. The fraction of sp³-hybridized carbons (Fsp3) is 0.579. The number of amides is 1. The zero-order valence-corrected chi connectivity index (χ0v) is 14.4. The Kier molecular flexibility index (Phi) is 9.58. The zero-order chi connectivity index (χ0) is 17.8. The summed E-state index contributed by atoms with van der Waals surface area (Å²) in [5.41, 5.74) is 7.50. The van der Waals surface area contributed by atoms with Crippen LogP contribution in [0.15, 0.2) is 24.3 Å². The summed E-state index contributed by atoms with van der Waals surface area (Å²) < 4.78 is 5.54. The van der Waals surface area contributed by atoms with E-state index in [-0.39, 0.29) is 5.56 Å². The van der Waals surface area contributed by atoms with Crippen molar-refractivity contribution in [1.29, 1.82) is 0 Å². The van der Waals surface area contributed by atoms with E-state index in [2.05, 4.69) is 6.92 Å². The van der Waals surface area contributed by atoms with Gasteiger partial charge in [0.2, 0.25) is 0 Å². The number of ether oxygens (including phenoxy) is 1. The minimum absolute atomic E-state index is 0.166. The highest BCUT2D eigenvalue weighted by Gasteiger charge is 2.17. The predicted molar refractivity (Wildman–Crippen MR) is 93.1 cm³/mol.